The minimum Gasteiger partial charge on any atom is -0.493 e. The summed E-state index contributed by atoms with van der Waals surface area (Å²) in [5, 5.41) is 5.80. The van der Waals surface area contributed by atoms with Crippen molar-refractivity contribution in [2.45, 2.75) is 4.90 Å². The van der Waals surface area contributed by atoms with Gasteiger partial charge in [0, 0.05) is 22.7 Å². The van der Waals surface area contributed by atoms with Crippen LogP contribution < -0.4 is 14.2 Å². The lowest BCUT2D eigenvalue weighted by molar-refractivity contribution is 0.354. The van der Waals surface area contributed by atoms with Gasteiger partial charge in [0.1, 0.15) is 5.69 Å². The van der Waals surface area contributed by atoms with Gasteiger partial charge in [-0.25, -0.2) is 8.42 Å². The molecule has 0 aliphatic rings. The first kappa shape index (κ1) is 17.2. The highest BCUT2D eigenvalue weighted by atomic mass is 32.2. The Morgan fingerprint density at radius 1 is 1.00 bits per heavy atom. The van der Waals surface area contributed by atoms with Crippen LogP contribution in [0.2, 0.25) is 0 Å². The Hall–Kier alpha value is -2.65. The van der Waals surface area contributed by atoms with E-state index >= 15 is 0 Å². The molecule has 0 unspecified atom stereocenters. The molecule has 25 heavy (non-hydrogen) atoms. The van der Waals surface area contributed by atoms with Crippen molar-refractivity contribution in [3.8, 4) is 22.8 Å². The van der Waals surface area contributed by atoms with Crippen LogP contribution in [0.4, 0.5) is 5.69 Å². The number of ether oxygens (including phenoxy) is 2. The minimum atomic E-state index is -3.75. The maximum Gasteiger partial charge on any atom is 0.262 e. The highest BCUT2D eigenvalue weighted by Gasteiger charge is 2.17. The molecule has 1 N–H and O–H groups in total. The Morgan fingerprint density at radius 2 is 1.72 bits per heavy atom. The summed E-state index contributed by atoms with van der Waals surface area (Å²) in [6, 6.07) is 11.3. The molecule has 0 saturated carbocycles. The average molecular weight is 377 g/mol. The number of sulfonamides is 1. The van der Waals surface area contributed by atoms with Crippen LogP contribution in [0.3, 0.4) is 0 Å². The van der Waals surface area contributed by atoms with E-state index in [-0.39, 0.29) is 4.90 Å². The van der Waals surface area contributed by atoms with E-state index in [4.69, 9.17) is 9.47 Å². The van der Waals surface area contributed by atoms with E-state index in [1.165, 1.54) is 37.9 Å². The number of hydrogen-bond acceptors (Lipinski definition) is 7. The molecule has 2 aromatic carbocycles. The summed E-state index contributed by atoms with van der Waals surface area (Å²) in [4.78, 5) is 0.0814. The van der Waals surface area contributed by atoms with Crippen LogP contribution in [-0.2, 0) is 10.0 Å². The molecule has 0 fully saturated rings. The molecule has 9 heteroatoms. The fourth-order valence-corrected chi connectivity index (χ4v) is 3.74. The summed E-state index contributed by atoms with van der Waals surface area (Å²) in [5.74, 6) is 0.805. The van der Waals surface area contributed by atoms with Crippen molar-refractivity contribution < 1.29 is 17.9 Å². The molecule has 1 heterocycles. The molecule has 0 radical (unpaired) electrons. The molecular weight excluding hydrogens is 362 g/mol. The van der Waals surface area contributed by atoms with Crippen molar-refractivity contribution >= 4 is 27.2 Å². The summed E-state index contributed by atoms with van der Waals surface area (Å²) >= 11 is 1.26. The molecule has 130 valence electrons. The maximum absolute atomic E-state index is 12.6. The number of benzene rings is 2. The lowest BCUT2D eigenvalue weighted by Crippen LogP contribution is -2.13. The fraction of sp³-hybridized carbons (Fsp3) is 0.125. The third kappa shape index (κ3) is 3.72. The summed E-state index contributed by atoms with van der Waals surface area (Å²) < 4.78 is 41.7. The van der Waals surface area contributed by atoms with Gasteiger partial charge in [0.25, 0.3) is 10.0 Å². The fourth-order valence-electron chi connectivity index (χ4n) is 2.20. The van der Waals surface area contributed by atoms with E-state index in [2.05, 4.69) is 14.3 Å². The second-order valence-corrected chi connectivity index (χ2v) is 7.28. The van der Waals surface area contributed by atoms with E-state index in [9.17, 15) is 8.42 Å². The average Bonchev–Trinajstić information content (AvgIpc) is 3.16. The van der Waals surface area contributed by atoms with Crippen molar-refractivity contribution in [3.63, 3.8) is 0 Å². The normalized spacial score (nSPS) is 11.1. The van der Waals surface area contributed by atoms with Gasteiger partial charge in [-0.05, 0) is 35.8 Å². The van der Waals surface area contributed by atoms with Gasteiger partial charge in [-0.15, -0.1) is 5.10 Å². The predicted octanol–water partition coefficient (Wildman–Crippen LogP) is 3.02. The third-order valence-corrected chi connectivity index (χ3v) is 5.34. The lowest BCUT2D eigenvalue weighted by atomic mass is 10.2. The second kappa shape index (κ2) is 7.08. The van der Waals surface area contributed by atoms with Crippen LogP contribution in [0.1, 0.15) is 0 Å². The Labute approximate surface area is 149 Å². The smallest absolute Gasteiger partial charge is 0.262 e. The largest absolute Gasteiger partial charge is 0.493 e. The molecule has 3 rings (SSSR count). The second-order valence-electron chi connectivity index (χ2n) is 4.99. The van der Waals surface area contributed by atoms with Gasteiger partial charge in [0.15, 0.2) is 11.5 Å². The molecular formula is C16H15N3O4S2. The van der Waals surface area contributed by atoms with Crippen LogP contribution in [-0.4, -0.2) is 32.2 Å². The zero-order valence-corrected chi connectivity index (χ0v) is 15.1. The lowest BCUT2D eigenvalue weighted by Gasteiger charge is -2.12. The number of anilines is 1. The van der Waals surface area contributed by atoms with E-state index in [1.807, 2.05) is 5.38 Å². The quantitative estimate of drug-likeness (QED) is 0.710. The zero-order chi connectivity index (χ0) is 17.9. The minimum absolute atomic E-state index is 0.0814. The summed E-state index contributed by atoms with van der Waals surface area (Å²) in [5.41, 5.74) is 2.06. The number of hydrogen-bond donors (Lipinski definition) is 1. The van der Waals surface area contributed by atoms with E-state index in [1.54, 1.807) is 30.3 Å². The first-order valence-electron chi connectivity index (χ1n) is 7.16. The van der Waals surface area contributed by atoms with Crippen LogP contribution in [0, 0.1) is 0 Å². The summed E-state index contributed by atoms with van der Waals surface area (Å²) in [6.45, 7) is 0. The van der Waals surface area contributed by atoms with Crippen LogP contribution in [0.15, 0.2) is 52.7 Å². The highest BCUT2D eigenvalue weighted by molar-refractivity contribution is 7.92. The number of rotatable bonds is 6. The predicted molar refractivity (Wildman–Crippen MR) is 95.7 cm³/mol. The van der Waals surface area contributed by atoms with Crippen molar-refractivity contribution in [3.05, 3.63) is 47.8 Å². The molecule has 7 nitrogen and oxygen atoms in total. The molecule has 0 atom stereocenters. The third-order valence-electron chi connectivity index (χ3n) is 3.46. The topological polar surface area (TPSA) is 90.4 Å². The van der Waals surface area contributed by atoms with Crippen molar-refractivity contribution in [1.82, 2.24) is 9.59 Å². The maximum atomic E-state index is 12.6. The number of methoxy groups -OCH3 is 2. The molecule has 3 aromatic rings. The molecule has 0 aliphatic heterocycles. The molecule has 0 spiro atoms. The van der Waals surface area contributed by atoms with Crippen molar-refractivity contribution in [1.29, 1.82) is 0 Å². The van der Waals surface area contributed by atoms with E-state index in [0.29, 0.717) is 17.2 Å². The van der Waals surface area contributed by atoms with Crippen molar-refractivity contribution in [2.24, 2.45) is 0 Å². The number of nitrogens with one attached hydrogen (secondary N) is 1. The Balaban J connectivity index is 1.84. The van der Waals surface area contributed by atoms with Gasteiger partial charge in [-0.1, -0.05) is 16.6 Å². The Kier molecular flexibility index (Phi) is 4.86. The number of aromatic nitrogens is 2. The van der Waals surface area contributed by atoms with Gasteiger partial charge in [0.2, 0.25) is 0 Å². The molecule has 0 amide bonds. The SMILES string of the molecule is COc1ccc(S(=O)(=O)Nc2ccc(-c3csnn3)cc2)cc1OC. The standard InChI is InChI=1S/C16H15N3O4S2/c1-22-15-8-7-13(9-16(15)23-2)25(20,21)18-12-5-3-11(4-6-12)14-10-24-19-17-14/h3-10,18H,1-2H3. The zero-order valence-electron chi connectivity index (χ0n) is 13.5. The van der Waals surface area contributed by atoms with Crippen LogP contribution in [0.5, 0.6) is 11.5 Å². The van der Waals surface area contributed by atoms with E-state index < -0.39 is 10.0 Å². The Morgan fingerprint density at radius 3 is 2.32 bits per heavy atom. The highest BCUT2D eigenvalue weighted by Crippen LogP contribution is 2.30. The number of nitrogens with zero attached hydrogens (tertiary/aromatic N) is 2. The Bertz CT molecular complexity index is 956. The summed E-state index contributed by atoms with van der Waals surface area (Å²) in [6.07, 6.45) is 0. The molecule has 1 aromatic heterocycles. The monoisotopic (exact) mass is 377 g/mol. The van der Waals surface area contributed by atoms with Gasteiger partial charge >= 0.3 is 0 Å². The van der Waals surface area contributed by atoms with Gasteiger partial charge in [-0.3, -0.25) is 4.72 Å². The molecule has 0 saturated heterocycles. The van der Waals surface area contributed by atoms with Gasteiger partial charge < -0.3 is 9.47 Å². The summed E-state index contributed by atoms with van der Waals surface area (Å²) in [7, 11) is -0.807. The van der Waals surface area contributed by atoms with Crippen LogP contribution in [0.25, 0.3) is 11.3 Å². The molecule has 0 bridgehead atoms. The van der Waals surface area contributed by atoms with Crippen molar-refractivity contribution in [2.75, 3.05) is 18.9 Å². The van der Waals surface area contributed by atoms with E-state index in [0.717, 1.165) is 11.3 Å². The first-order chi connectivity index (χ1) is 12.0. The van der Waals surface area contributed by atoms with Gasteiger partial charge in [0.05, 0.1) is 19.1 Å². The first-order valence-corrected chi connectivity index (χ1v) is 9.48. The van der Waals surface area contributed by atoms with Crippen LogP contribution >= 0.6 is 11.5 Å². The van der Waals surface area contributed by atoms with Gasteiger partial charge in [-0.2, -0.15) is 0 Å². The molecule has 0 aliphatic carbocycles.